The van der Waals surface area contributed by atoms with Crippen molar-refractivity contribution < 1.29 is 31.1 Å². The molecule has 0 saturated carbocycles. The highest BCUT2D eigenvalue weighted by Gasteiger charge is 2.31. The Labute approximate surface area is 207 Å². The highest BCUT2D eigenvalue weighted by Crippen LogP contribution is 2.24. The van der Waals surface area contributed by atoms with E-state index in [2.05, 4.69) is 15.0 Å². The fourth-order valence-electron chi connectivity index (χ4n) is 3.83. The van der Waals surface area contributed by atoms with Crippen molar-refractivity contribution in [2.75, 3.05) is 31.5 Å². The van der Waals surface area contributed by atoms with E-state index in [0.29, 0.717) is 44.0 Å². The Morgan fingerprint density at radius 3 is 2.06 bits per heavy atom. The van der Waals surface area contributed by atoms with Crippen molar-refractivity contribution in [1.29, 1.82) is 0 Å². The molecule has 11 heteroatoms. The van der Waals surface area contributed by atoms with E-state index >= 15 is 0 Å². The Hall–Kier alpha value is -3.41. The number of nitrogens with one attached hydrogen (secondary N) is 1. The van der Waals surface area contributed by atoms with Gasteiger partial charge in [-0.2, -0.15) is 4.31 Å². The average Bonchev–Trinajstić information content (AvgIpc) is 2.86. The normalized spacial score (nSPS) is 15.4. The molecule has 7 nitrogen and oxygen atoms in total. The van der Waals surface area contributed by atoms with Crippen LogP contribution in [0.15, 0.2) is 83.8 Å². The van der Waals surface area contributed by atoms with E-state index in [1.165, 1.54) is 16.4 Å². The maximum absolute atomic E-state index is 12.8. The molecule has 1 aliphatic rings. The summed E-state index contributed by atoms with van der Waals surface area (Å²) in [5.41, 5.74) is 1.70. The van der Waals surface area contributed by atoms with E-state index in [4.69, 9.17) is 0 Å². The van der Waals surface area contributed by atoms with E-state index < -0.39 is 22.3 Å². The Bertz CT molecular complexity index is 1270. The summed E-state index contributed by atoms with van der Waals surface area (Å²) in [4.78, 5) is 14.9. The van der Waals surface area contributed by atoms with Crippen LogP contribution in [-0.2, 0) is 16.6 Å². The zero-order valence-corrected chi connectivity index (χ0v) is 19.9. The summed E-state index contributed by atoms with van der Waals surface area (Å²) in [6.45, 7) is 2.57. The molecule has 0 unspecified atom stereocenters. The number of rotatable bonds is 7. The van der Waals surface area contributed by atoms with Crippen LogP contribution < -0.4 is 10.1 Å². The number of piperazine rings is 1. The van der Waals surface area contributed by atoms with Crippen molar-refractivity contribution in [2.45, 2.75) is 17.8 Å². The average molecular weight is 520 g/mol. The van der Waals surface area contributed by atoms with E-state index in [1.54, 1.807) is 42.5 Å². The second-order valence-corrected chi connectivity index (χ2v) is 10.2. The number of hydrogen-bond donors (Lipinski definition) is 1. The van der Waals surface area contributed by atoms with Crippen LogP contribution in [0.25, 0.3) is 0 Å². The van der Waals surface area contributed by atoms with Gasteiger partial charge in [0.2, 0.25) is 10.0 Å². The second-order valence-electron chi connectivity index (χ2n) is 8.22. The van der Waals surface area contributed by atoms with Crippen LogP contribution in [0.5, 0.6) is 5.75 Å². The number of nitrogens with zero attached hydrogens (tertiary/aromatic N) is 2. The molecule has 3 aromatic rings. The van der Waals surface area contributed by atoms with Crippen LogP contribution in [0.3, 0.4) is 0 Å². The summed E-state index contributed by atoms with van der Waals surface area (Å²) >= 11 is 0. The quantitative estimate of drug-likeness (QED) is 0.503. The van der Waals surface area contributed by atoms with E-state index in [9.17, 15) is 26.4 Å². The molecule has 0 bridgehead atoms. The zero-order chi connectivity index (χ0) is 25.8. The summed E-state index contributed by atoms with van der Waals surface area (Å²) in [5.74, 6) is -0.769. The molecule has 190 valence electrons. The third-order valence-corrected chi connectivity index (χ3v) is 7.59. The minimum atomic E-state index is -4.78. The summed E-state index contributed by atoms with van der Waals surface area (Å²) in [6.07, 6.45) is -4.78. The Balaban J connectivity index is 1.28. The molecule has 0 spiro atoms. The van der Waals surface area contributed by atoms with Gasteiger partial charge in [0.25, 0.3) is 5.91 Å². The molecule has 1 saturated heterocycles. The first-order valence-electron chi connectivity index (χ1n) is 11.1. The van der Waals surface area contributed by atoms with E-state index in [0.717, 1.165) is 17.7 Å². The predicted molar refractivity (Wildman–Crippen MR) is 128 cm³/mol. The summed E-state index contributed by atoms with van der Waals surface area (Å²) in [5, 5.41) is 2.63. The lowest BCUT2D eigenvalue weighted by molar-refractivity contribution is -0.274. The van der Waals surface area contributed by atoms with Gasteiger partial charge in [-0.1, -0.05) is 30.3 Å². The van der Waals surface area contributed by atoms with Gasteiger partial charge in [-0.15, -0.1) is 13.2 Å². The van der Waals surface area contributed by atoms with Crippen LogP contribution >= 0.6 is 0 Å². The first-order valence-corrected chi connectivity index (χ1v) is 12.6. The monoisotopic (exact) mass is 519 g/mol. The number of anilines is 1. The maximum atomic E-state index is 12.8. The summed E-state index contributed by atoms with van der Waals surface area (Å²) in [6, 6.07) is 20.2. The molecular weight excluding hydrogens is 495 g/mol. The molecule has 0 aliphatic carbocycles. The predicted octanol–water partition coefficient (Wildman–Crippen LogP) is 4.34. The van der Waals surface area contributed by atoms with Gasteiger partial charge < -0.3 is 10.1 Å². The van der Waals surface area contributed by atoms with Gasteiger partial charge >= 0.3 is 6.36 Å². The van der Waals surface area contributed by atoms with Crippen LogP contribution in [0, 0.1) is 0 Å². The molecule has 1 heterocycles. The van der Waals surface area contributed by atoms with Crippen molar-refractivity contribution >= 4 is 21.6 Å². The Morgan fingerprint density at radius 1 is 0.861 bits per heavy atom. The highest BCUT2D eigenvalue weighted by atomic mass is 32.2. The third kappa shape index (κ3) is 6.62. The minimum absolute atomic E-state index is 0.290. The number of ether oxygens (including phenoxy) is 1. The Kier molecular flexibility index (Phi) is 7.62. The number of benzene rings is 3. The molecule has 0 aromatic heterocycles. The summed E-state index contributed by atoms with van der Waals surface area (Å²) < 4.78 is 67.6. The van der Waals surface area contributed by atoms with Crippen LogP contribution in [0.1, 0.15) is 15.9 Å². The smallest absolute Gasteiger partial charge is 0.406 e. The van der Waals surface area contributed by atoms with Crippen molar-refractivity contribution in [3.8, 4) is 5.75 Å². The van der Waals surface area contributed by atoms with E-state index in [-0.39, 0.29) is 10.6 Å². The third-order valence-electron chi connectivity index (χ3n) is 5.68. The Morgan fingerprint density at radius 2 is 1.47 bits per heavy atom. The largest absolute Gasteiger partial charge is 0.573 e. The maximum Gasteiger partial charge on any atom is 0.573 e. The van der Waals surface area contributed by atoms with Crippen molar-refractivity contribution in [1.82, 2.24) is 9.21 Å². The first kappa shape index (κ1) is 25.7. The molecule has 3 aromatic carbocycles. The van der Waals surface area contributed by atoms with Gasteiger partial charge in [0.05, 0.1) is 4.90 Å². The van der Waals surface area contributed by atoms with Gasteiger partial charge in [-0.05, 0) is 54.1 Å². The minimum Gasteiger partial charge on any atom is -0.406 e. The topological polar surface area (TPSA) is 79.0 Å². The van der Waals surface area contributed by atoms with Gasteiger partial charge in [0.15, 0.2) is 0 Å². The lowest BCUT2D eigenvalue weighted by atomic mass is 10.1. The number of amides is 1. The summed E-state index contributed by atoms with van der Waals surface area (Å²) in [7, 11) is -3.50. The number of hydrogen-bond acceptors (Lipinski definition) is 5. The highest BCUT2D eigenvalue weighted by molar-refractivity contribution is 7.89. The van der Waals surface area contributed by atoms with Crippen LogP contribution in [0.2, 0.25) is 0 Å². The van der Waals surface area contributed by atoms with Crippen molar-refractivity contribution in [2.24, 2.45) is 0 Å². The number of carbonyl (C=O) groups is 1. The lowest BCUT2D eigenvalue weighted by Gasteiger charge is -2.34. The molecule has 1 N–H and O–H groups in total. The van der Waals surface area contributed by atoms with Crippen LogP contribution in [-0.4, -0.2) is 56.1 Å². The van der Waals surface area contributed by atoms with Crippen LogP contribution in [0.4, 0.5) is 18.9 Å². The molecule has 1 aliphatic heterocycles. The fraction of sp³-hybridized carbons (Fsp3) is 0.240. The molecule has 0 atom stereocenters. The first-order chi connectivity index (χ1) is 17.1. The van der Waals surface area contributed by atoms with Crippen molar-refractivity contribution in [3.05, 3.63) is 90.0 Å². The number of sulfonamides is 1. The molecule has 1 amide bonds. The van der Waals surface area contributed by atoms with Gasteiger partial charge in [0.1, 0.15) is 5.75 Å². The standard InChI is InChI=1S/C25H24F3N3O4S/c26-25(27,28)35-22-12-10-21(11-13-22)29-24(32)20-8-6-19(7-9-20)18-30-14-16-31(17-15-30)36(33,34)23-4-2-1-3-5-23/h1-13H,14-18H2,(H,29,32). The van der Waals surface area contributed by atoms with Crippen molar-refractivity contribution in [3.63, 3.8) is 0 Å². The van der Waals surface area contributed by atoms with E-state index in [1.807, 2.05) is 12.1 Å². The zero-order valence-electron chi connectivity index (χ0n) is 19.1. The SMILES string of the molecule is O=C(Nc1ccc(OC(F)(F)F)cc1)c1ccc(CN2CCN(S(=O)(=O)c3ccccc3)CC2)cc1. The molecule has 0 radical (unpaired) electrons. The molecular formula is C25H24F3N3O4S. The number of halogens is 3. The molecule has 36 heavy (non-hydrogen) atoms. The van der Waals surface area contributed by atoms with Gasteiger partial charge in [-0.3, -0.25) is 9.69 Å². The second kappa shape index (κ2) is 10.7. The lowest BCUT2D eigenvalue weighted by Crippen LogP contribution is -2.48. The molecule has 4 rings (SSSR count). The molecule has 1 fully saturated rings. The number of carbonyl (C=O) groups excluding carboxylic acids is 1. The number of alkyl halides is 3. The van der Waals surface area contributed by atoms with Gasteiger partial charge in [0, 0.05) is 44.0 Å². The van der Waals surface area contributed by atoms with Gasteiger partial charge in [-0.25, -0.2) is 8.42 Å². The fourth-order valence-corrected chi connectivity index (χ4v) is 5.28.